The van der Waals surface area contributed by atoms with Gasteiger partial charge in [-0.1, -0.05) is 104 Å². The van der Waals surface area contributed by atoms with Gasteiger partial charge >= 0.3 is 0 Å². The third-order valence-electron chi connectivity index (χ3n) is 5.36. The average Bonchev–Trinajstić information content (AvgIpc) is 3.15. The van der Waals surface area contributed by atoms with Gasteiger partial charge < -0.3 is 0 Å². The lowest BCUT2D eigenvalue weighted by Gasteiger charge is -2.13. The number of rotatable bonds is 16. The first kappa shape index (κ1) is 20.0. The zero-order valence-electron chi connectivity index (χ0n) is 15.8. The summed E-state index contributed by atoms with van der Waals surface area (Å²) in [5.74, 6) is 0. The average molecular weight is 311 g/mol. The number of hydrazine groups is 1. The topological polar surface area (TPSA) is 25.0 Å². The molecule has 1 heterocycles. The van der Waals surface area contributed by atoms with Crippen molar-refractivity contribution in [1.29, 1.82) is 0 Å². The Kier molecular flexibility index (Phi) is 11.2. The van der Waals surface area contributed by atoms with E-state index < -0.39 is 0 Å². The molecule has 1 rings (SSSR count). The van der Waals surface area contributed by atoms with E-state index in [1.807, 2.05) is 0 Å². The van der Waals surface area contributed by atoms with Crippen LogP contribution in [0, 0.1) is 0 Å². The molecule has 1 aliphatic heterocycles. The van der Waals surface area contributed by atoms with Crippen LogP contribution in [0.3, 0.4) is 0 Å². The molecule has 0 aromatic carbocycles. The molecule has 1 N–H and O–H groups in total. The molecule has 1 saturated heterocycles. The highest BCUT2D eigenvalue weighted by Gasteiger charge is 2.47. The zero-order valence-corrected chi connectivity index (χ0v) is 15.8. The van der Waals surface area contributed by atoms with E-state index in [2.05, 4.69) is 31.3 Å². The molecule has 0 aromatic rings. The summed E-state index contributed by atoms with van der Waals surface area (Å²) in [5, 5.41) is 2.36. The Hall–Kier alpha value is -0.0800. The second-order valence-corrected chi connectivity index (χ2v) is 7.45. The Morgan fingerprint density at radius 2 is 0.909 bits per heavy atom. The number of unbranched alkanes of at least 4 members (excludes halogenated alkanes) is 12. The van der Waals surface area contributed by atoms with Crippen molar-refractivity contribution < 1.29 is 0 Å². The summed E-state index contributed by atoms with van der Waals surface area (Å²) in [7, 11) is 2.22. The van der Waals surface area contributed by atoms with E-state index in [0.717, 1.165) is 0 Å². The van der Waals surface area contributed by atoms with Crippen LogP contribution in [0.5, 0.6) is 0 Å². The maximum absolute atomic E-state index is 3.60. The molecule has 0 radical (unpaired) electrons. The third kappa shape index (κ3) is 8.53. The highest BCUT2D eigenvalue weighted by molar-refractivity contribution is 4.95. The fraction of sp³-hybridized carbons (Fsp3) is 1.00. The van der Waals surface area contributed by atoms with Gasteiger partial charge in [0.15, 0.2) is 0 Å². The first-order chi connectivity index (χ1) is 10.7. The lowest BCUT2D eigenvalue weighted by molar-refractivity contribution is 0.375. The minimum absolute atomic E-state index is 0.382. The molecule has 0 amide bonds. The number of nitrogens with one attached hydrogen (secondary N) is 1. The summed E-state index contributed by atoms with van der Waals surface area (Å²) in [4.78, 5) is 0. The Morgan fingerprint density at radius 3 is 1.23 bits per heavy atom. The van der Waals surface area contributed by atoms with Gasteiger partial charge in [-0.25, -0.2) is 10.4 Å². The molecular formula is C20H42N2. The molecule has 2 nitrogen and oxygen atoms in total. The van der Waals surface area contributed by atoms with Crippen LogP contribution >= 0.6 is 0 Å². The van der Waals surface area contributed by atoms with Gasteiger partial charge in [-0.05, 0) is 12.8 Å². The number of hydrogen-bond donors (Lipinski definition) is 1. The van der Waals surface area contributed by atoms with Crippen molar-refractivity contribution in [1.82, 2.24) is 10.4 Å². The third-order valence-corrected chi connectivity index (χ3v) is 5.36. The first-order valence-corrected chi connectivity index (χ1v) is 10.3. The van der Waals surface area contributed by atoms with E-state index in [9.17, 15) is 0 Å². The largest absolute Gasteiger partial charge is 0.232 e. The van der Waals surface area contributed by atoms with Crippen LogP contribution in [0.1, 0.15) is 117 Å². The van der Waals surface area contributed by atoms with Crippen LogP contribution in [0.15, 0.2) is 0 Å². The fourth-order valence-electron chi connectivity index (χ4n) is 3.61. The van der Waals surface area contributed by atoms with Gasteiger partial charge in [-0.15, -0.1) is 0 Å². The van der Waals surface area contributed by atoms with Crippen molar-refractivity contribution in [2.24, 2.45) is 0 Å². The molecule has 0 spiro atoms. The molecule has 0 aromatic heterocycles. The summed E-state index contributed by atoms with van der Waals surface area (Å²) >= 11 is 0. The first-order valence-electron chi connectivity index (χ1n) is 10.3. The van der Waals surface area contributed by atoms with Crippen molar-refractivity contribution in [3.8, 4) is 0 Å². The number of nitrogens with zero attached hydrogens (tertiary/aromatic N) is 1. The van der Waals surface area contributed by atoms with E-state index in [-0.39, 0.29) is 0 Å². The second kappa shape index (κ2) is 12.4. The second-order valence-electron chi connectivity index (χ2n) is 7.45. The van der Waals surface area contributed by atoms with Crippen molar-refractivity contribution in [2.45, 2.75) is 122 Å². The molecule has 1 fully saturated rings. The molecule has 132 valence electrons. The quantitative estimate of drug-likeness (QED) is 0.263. The predicted molar refractivity (Wildman–Crippen MR) is 98.8 cm³/mol. The van der Waals surface area contributed by atoms with Crippen LogP contribution in [-0.2, 0) is 0 Å². The van der Waals surface area contributed by atoms with Crippen LogP contribution in [0.25, 0.3) is 0 Å². The highest BCUT2D eigenvalue weighted by Crippen LogP contribution is 2.34. The monoisotopic (exact) mass is 310 g/mol. The van der Waals surface area contributed by atoms with E-state index in [0.29, 0.717) is 5.66 Å². The predicted octanol–water partition coefficient (Wildman–Crippen LogP) is 6.41. The van der Waals surface area contributed by atoms with Gasteiger partial charge in [-0.3, -0.25) is 0 Å². The van der Waals surface area contributed by atoms with Gasteiger partial charge in [0.05, 0.1) is 5.66 Å². The van der Waals surface area contributed by atoms with Crippen LogP contribution < -0.4 is 5.43 Å². The molecule has 22 heavy (non-hydrogen) atoms. The Balaban J connectivity index is 1.96. The van der Waals surface area contributed by atoms with Gasteiger partial charge in [0, 0.05) is 7.05 Å². The van der Waals surface area contributed by atoms with E-state index >= 15 is 0 Å². The van der Waals surface area contributed by atoms with Crippen LogP contribution in [-0.4, -0.2) is 17.7 Å². The Morgan fingerprint density at radius 1 is 0.591 bits per heavy atom. The molecule has 0 saturated carbocycles. The van der Waals surface area contributed by atoms with Crippen molar-refractivity contribution in [2.75, 3.05) is 7.05 Å². The van der Waals surface area contributed by atoms with Crippen LogP contribution in [0.4, 0.5) is 0 Å². The Labute approximate surface area is 140 Å². The Bertz CT molecular complexity index is 234. The van der Waals surface area contributed by atoms with E-state index in [4.69, 9.17) is 0 Å². The van der Waals surface area contributed by atoms with Crippen molar-refractivity contribution in [3.05, 3.63) is 0 Å². The normalized spacial score (nSPS) is 19.5. The van der Waals surface area contributed by atoms with Gasteiger partial charge in [-0.2, -0.15) is 0 Å². The molecule has 1 aliphatic rings. The van der Waals surface area contributed by atoms with E-state index in [1.165, 1.54) is 103 Å². The van der Waals surface area contributed by atoms with Gasteiger partial charge in [0.25, 0.3) is 0 Å². The van der Waals surface area contributed by atoms with Gasteiger partial charge in [0.2, 0.25) is 0 Å². The minimum atomic E-state index is 0.382. The number of hydrogen-bond acceptors (Lipinski definition) is 2. The van der Waals surface area contributed by atoms with Crippen molar-refractivity contribution in [3.63, 3.8) is 0 Å². The molecule has 2 heteroatoms. The smallest absolute Gasteiger partial charge is 0.0970 e. The van der Waals surface area contributed by atoms with Crippen molar-refractivity contribution >= 4 is 0 Å². The summed E-state index contributed by atoms with van der Waals surface area (Å²) in [6.07, 6.45) is 22.6. The maximum Gasteiger partial charge on any atom is 0.0970 e. The highest BCUT2D eigenvalue weighted by atomic mass is 15.8. The molecule has 0 aliphatic carbocycles. The standard InChI is InChI=1S/C20H42N2/c1-4-6-8-10-12-14-16-18-20(21-22(20)3)19-17-15-13-11-9-7-5-2/h21H,4-19H2,1-3H3. The molecule has 1 atom stereocenters. The van der Waals surface area contributed by atoms with Crippen LogP contribution in [0.2, 0.25) is 0 Å². The fourth-order valence-corrected chi connectivity index (χ4v) is 3.61. The summed E-state index contributed by atoms with van der Waals surface area (Å²) in [6.45, 7) is 4.59. The van der Waals surface area contributed by atoms with Gasteiger partial charge in [0.1, 0.15) is 0 Å². The summed E-state index contributed by atoms with van der Waals surface area (Å²) in [5.41, 5.74) is 3.98. The summed E-state index contributed by atoms with van der Waals surface area (Å²) < 4.78 is 0. The molecule has 1 unspecified atom stereocenters. The maximum atomic E-state index is 3.60. The minimum Gasteiger partial charge on any atom is -0.232 e. The SMILES string of the molecule is CCCCCCCCCC1(CCCCCCCCC)NN1C. The molecular weight excluding hydrogens is 268 g/mol. The summed E-state index contributed by atoms with van der Waals surface area (Å²) in [6, 6.07) is 0. The lowest BCUT2D eigenvalue weighted by Crippen LogP contribution is -2.18. The lowest BCUT2D eigenvalue weighted by atomic mass is 9.97. The molecule has 0 bridgehead atoms. The zero-order chi connectivity index (χ0) is 16.1. The van der Waals surface area contributed by atoms with E-state index in [1.54, 1.807) is 0 Å².